The van der Waals surface area contributed by atoms with Crippen molar-refractivity contribution >= 4 is 18.2 Å². The summed E-state index contributed by atoms with van der Waals surface area (Å²) in [6.07, 6.45) is -0.151. The van der Waals surface area contributed by atoms with Crippen molar-refractivity contribution in [2.75, 3.05) is 20.8 Å². The molecular weight excluding hydrogens is 368 g/mol. The molecule has 1 unspecified atom stereocenters. The van der Waals surface area contributed by atoms with Gasteiger partial charge in [-0.05, 0) is 43.4 Å². The van der Waals surface area contributed by atoms with Gasteiger partial charge in [0.25, 0.3) is 0 Å². The number of nitrogens with zero attached hydrogens (tertiary/aromatic N) is 3. The van der Waals surface area contributed by atoms with Crippen LogP contribution < -0.4 is 9.64 Å². The summed E-state index contributed by atoms with van der Waals surface area (Å²) in [5, 5.41) is 14.7. The highest BCUT2D eigenvalue weighted by molar-refractivity contribution is 7.71. The summed E-state index contributed by atoms with van der Waals surface area (Å²) < 4.78 is 14.4. The number of carbonyl (C=O) groups excluding carboxylic acids is 1. The molecule has 1 aromatic heterocycles. The summed E-state index contributed by atoms with van der Waals surface area (Å²) in [6, 6.07) is 7.23. The zero-order valence-corrected chi connectivity index (χ0v) is 16.5. The van der Waals surface area contributed by atoms with Crippen LogP contribution in [-0.4, -0.2) is 58.3 Å². The first-order valence-electron chi connectivity index (χ1n) is 8.91. The Labute approximate surface area is 162 Å². The number of rotatable bonds is 6. The maximum atomic E-state index is 12.0. The third kappa shape index (κ3) is 3.90. The molecule has 8 nitrogen and oxygen atoms in total. The number of hydrogen-bond donors (Lipinski definition) is 2. The van der Waals surface area contributed by atoms with Gasteiger partial charge in [-0.1, -0.05) is 0 Å². The molecule has 27 heavy (non-hydrogen) atoms. The van der Waals surface area contributed by atoms with Gasteiger partial charge in [0.1, 0.15) is 18.4 Å². The van der Waals surface area contributed by atoms with Crippen molar-refractivity contribution in [3.8, 4) is 17.1 Å². The van der Waals surface area contributed by atoms with Gasteiger partial charge in [-0.25, -0.2) is 4.79 Å². The number of benzene rings is 1. The summed E-state index contributed by atoms with van der Waals surface area (Å²) >= 11 is 5.60. The van der Waals surface area contributed by atoms with Gasteiger partial charge in [-0.3, -0.25) is 0 Å². The van der Waals surface area contributed by atoms with E-state index in [9.17, 15) is 9.90 Å². The van der Waals surface area contributed by atoms with Gasteiger partial charge in [0, 0.05) is 18.5 Å². The van der Waals surface area contributed by atoms with Gasteiger partial charge in [0.05, 0.1) is 14.2 Å². The number of nitrogens with one attached hydrogen (secondary N) is 1. The number of aliphatic hydroxyl groups excluding tert-OH is 1. The Morgan fingerprint density at radius 3 is 2.67 bits per heavy atom. The fourth-order valence-corrected chi connectivity index (χ4v) is 3.84. The SMILES string of the molecule is CCn1c(-c2ccc(OC)cc2)nn(C[NH+]2C[C@@H](O)C[C@H]2C(=O)OC)c1=S. The zero-order chi connectivity index (χ0) is 19.6. The topological polar surface area (TPSA) is 83.0 Å². The molecule has 2 heterocycles. The zero-order valence-electron chi connectivity index (χ0n) is 15.7. The Balaban J connectivity index is 1.91. The van der Waals surface area contributed by atoms with Crippen LogP contribution in [0, 0.1) is 4.77 Å². The number of methoxy groups -OCH3 is 2. The second kappa shape index (κ2) is 8.20. The molecule has 1 aliphatic rings. The molecule has 0 saturated carbocycles. The maximum Gasteiger partial charge on any atom is 0.364 e. The number of ether oxygens (including phenoxy) is 2. The number of aliphatic hydroxyl groups is 1. The average molecular weight is 393 g/mol. The number of carbonyl (C=O) groups is 1. The van der Waals surface area contributed by atoms with E-state index in [4.69, 9.17) is 26.8 Å². The smallest absolute Gasteiger partial charge is 0.364 e. The van der Waals surface area contributed by atoms with Crippen LogP contribution in [0.25, 0.3) is 11.4 Å². The summed E-state index contributed by atoms with van der Waals surface area (Å²) in [5.41, 5.74) is 0.934. The Morgan fingerprint density at radius 1 is 1.37 bits per heavy atom. The van der Waals surface area contributed by atoms with Crippen LogP contribution in [-0.2, 0) is 22.7 Å². The van der Waals surface area contributed by atoms with E-state index in [0.29, 0.717) is 31.0 Å². The molecule has 1 fully saturated rings. The number of hydrogen-bond acceptors (Lipinski definition) is 6. The molecule has 0 spiro atoms. The summed E-state index contributed by atoms with van der Waals surface area (Å²) in [5.74, 6) is 1.22. The van der Waals surface area contributed by atoms with Crippen molar-refractivity contribution < 1.29 is 24.3 Å². The van der Waals surface area contributed by atoms with E-state index in [2.05, 4.69) is 0 Å². The molecule has 2 N–H and O–H groups in total. The van der Waals surface area contributed by atoms with Crippen molar-refractivity contribution in [3.63, 3.8) is 0 Å². The van der Waals surface area contributed by atoms with Crippen LogP contribution in [0.2, 0.25) is 0 Å². The third-order valence-corrected chi connectivity index (χ3v) is 5.36. The number of esters is 1. The fourth-order valence-electron chi connectivity index (χ4n) is 3.52. The van der Waals surface area contributed by atoms with Gasteiger partial charge < -0.3 is 24.0 Å². The minimum Gasteiger partial charge on any atom is -0.497 e. The van der Waals surface area contributed by atoms with Crippen LogP contribution in [0.1, 0.15) is 13.3 Å². The first-order valence-corrected chi connectivity index (χ1v) is 9.31. The third-order valence-electron chi connectivity index (χ3n) is 4.92. The van der Waals surface area contributed by atoms with Gasteiger partial charge in [0.15, 0.2) is 18.5 Å². The summed E-state index contributed by atoms with van der Waals surface area (Å²) in [6.45, 7) is 3.54. The van der Waals surface area contributed by atoms with Crippen LogP contribution in [0.5, 0.6) is 5.75 Å². The summed E-state index contributed by atoms with van der Waals surface area (Å²) in [7, 11) is 2.99. The lowest BCUT2D eigenvalue weighted by Gasteiger charge is -2.18. The van der Waals surface area contributed by atoms with E-state index in [1.807, 2.05) is 35.8 Å². The van der Waals surface area contributed by atoms with E-state index in [1.165, 1.54) is 7.11 Å². The lowest BCUT2D eigenvalue weighted by atomic mass is 10.2. The van der Waals surface area contributed by atoms with E-state index in [0.717, 1.165) is 22.0 Å². The van der Waals surface area contributed by atoms with Crippen molar-refractivity contribution in [2.24, 2.45) is 0 Å². The fraction of sp³-hybridized carbons (Fsp3) is 0.500. The standard InChI is InChI=1S/C18H24N4O4S/c1-4-21-16(12-5-7-14(25-2)8-6-12)19-22(18(21)27)11-20-10-13(23)9-15(20)17(24)26-3/h5-8,13,15,23H,4,9-11H2,1-3H3/p+1/t13-,15-/m0/s1. The minimum absolute atomic E-state index is 0.321. The van der Waals surface area contributed by atoms with Gasteiger partial charge in [-0.15, -0.1) is 5.10 Å². The Hall–Kier alpha value is -2.23. The largest absolute Gasteiger partial charge is 0.497 e. The molecule has 0 aliphatic carbocycles. The molecule has 3 atom stereocenters. The van der Waals surface area contributed by atoms with Crippen molar-refractivity contribution in [1.82, 2.24) is 14.3 Å². The highest BCUT2D eigenvalue weighted by atomic mass is 32.1. The highest BCUT2D eigenvalue weighted by Crippen LogP contribution is 2.21. The molecule has 1 saturated heterocycles. The van der Waals surface area contributed by atoms with E-state index >= 15 is 0 Å². The normalized spacial score (nSPS) is 22.0. The Bertz CT molecular complexity index is 861. The molecular formula is C18H25N4O4S+. The minimum atomic E-state index is -0.535. The molecule has 3 rings (SSSR count). The van der Waals surface area contributed by atoms with Crippen molar-refractivity contribution in [2.45, 2.75) is 38.7 Å². The lowest BCUT2D eigenvalue weighted by Crippen LogP contribution is -3.14. The molecule has 0 amide bonds. The van der Waals surface area contributed by atoms with Gasteiger partial charge in [0.2, 0.25) is 4.77 Å². The Kier molecular flexibility index (Phi) is 5.93. The van der Waals surface area contributed by atoms with Crippen molar-refractivity contribution in [3.05, 3.63) is 29.0 Å². The first kappa shape index (κ1) is 19.5. The molecule has 9 heteroatoms. The first-order chi connectivity index (χ1) is 13.0. The predicted octanol–water partition coefficient (Wildman–Crippen LogP) is 0.258. The van der Waals surface area contributed by atoms with E-state index in [-0.39, 0.29) is 5.97 Å². The lowest BCUT2D eigenvalue weighted by molar-refractivity contribution is -0.928. The van der Waals surface area contributed by atoms with Crippen LogP contribution in [0.4, 0.5) is 0 Å². The Morgan fingerprint density at radius 2 is 2.07 bits per heavy atom. The quantitative estimate of drug-likeness (QED) is 0.541. The van der Waals surface area contributed by atoms with Gasteiger partial charge in [-0.2, -0.15) is 4.68 Å². The molecule has 1 aromatic carbocycles. The van der Waals surface area contributed by atoms with E-state index in [1.54, 1.807) is 11.8 Å². The van der Waals surface area contributed by atoms with E-state index < -0.39 is 12.1 Å². The monoisotopic (exact) mass is 393 g/mol. The van der Waals surface area contributed by atoms with Crippen molar-refractivity contribution in [1.29, 1.82) is 0 Å². The second-order valence-corrected chi connectivity index (χ2v) is 6.93. The molecule has 146 valence electrons. The van der Waals surface area contributed by atoms with Crippen LogP contribution in [0.15, 0.2) is 24.3 Å². The second-order valence-electron chi connectivity index (χ2n) is 6.56. The molecule has 1 aliphatic heterocycles. The van der Waals surface area contributed by atoms with Gasteiger partial charge >= 0.3 is 5.97 Å². The number of likely N-dealkylation sites (tertiary alicyclic amines) is 1. The highest BCUT2D eigenvalue weighted by Gasteiger charge is 2.41. The predicted molar refractivity (Wildman–Crippen MR) is 101 cm³/mol. The average Bonchev–Trinajstić information content (AvgIpc) is 3.21. The maximum absolute atomic E-state index is 12.0. The number of aromatic nitrogens is 3. The molecule has 0 radical (unpaired) electrons. The summed E-state index contributed by atoms with van der Waals surface area (Å²) in [4.78, 5) is 12.9. The number of quaternary nitrogens is 1. The van der Waals surface area contributed by atoms with Crippen LogP contribution in [0.3, 0.4) is 0 Å². The molecule has 2 aromatic rings. The van der Waals surface area contributed by atoms with Crippen LogP contribution >= 0.6 is 12.2 Å². The molecule has 0 bridgehead atoms.